The molecule has 1 aliphatic rings. The summed E-state index contributed by atoms with van der Waals surface area (Å²) in [5.41, 5.74) is 0.203. The van der Waals surface area contributed by atoms with E-state index in [-0.39, 0.29) is 11.6 Å². The van der Waals surface area contributed by atoms with Crippen LogP contribution < -0.4 is 0 Å². The first-order valence-electron chi connectivity index (χ1n) is 7.02. The van der Waals surface area contributed by atoms with Gasteiger partial charge in [-0.15, -0.1) is 11.6 Å². The molecule has 0 N–H and O–H groups in total. The van der Waals surface area contributed by atoms with Crippen molar-refractivity contribution in [2.45, 2.75) is 38.3 Å². The summed E-state index contributed by atoms with van der Waals surface area (Å²) in [7, 11) is 0. The van der Waals surface area contributed by atoms with Crippen molar-refractivity contribution in [3.8, 4) is 0 Å². The number of halogens is 3. The molecule has 0 aliphatic carbocycles. The van der Waals surface area contributed by atoms with Crippen LogP contribution in [0.1, 0.15) is 26.1 Å². The molecule has 21 heavy (non-hydrogen) atoms. The number of ether oxygens (including phenoxy) is 1. The van der Waals surface area contributed by atoms with Crippen LogP contribution in [0.2, 0.25) is 0 Å². The molecule has 0 amide bonds. The molecule has 2 aromatic rings. The van der Waals surface area contributed by atoms with Crippen LogP contribution in [-0.4, -0.2) is 28.1 Å². The summed E-state index contributed by atoms with van der Waals surface area (Å²) in [5.74, 6) is -0.680. The Labute approximate surface area is 126 Å². The zero-order chi connectivity index (χ0) is 15.2. The molecule has 2 unspecified atom stereocenters. The Morgan fingerprint density at radius 3 is 2.86 bits per heavy atom. The molecule has 3 rings (SSSR count). The lowest BCUT2D eigenvalue weighted by atomic mass is 9.93. The second-order valence-corrected chi connectivity index (χ2v) is 6.03. The second-order valence-electron chi connectivity index (χ2n) is 5.65. The van der Waals surface area contributed by atoms with Gasteiger partial charge in [0, 0.05) is 18.9 Å². The molecule has 114 valence electrons. The fraction of sp³-hybridized carbons (Fsp3) is 0.533. The quantitative estimate of drug-likeness (QED) is 0.809. The molecule has 1 saturated heterocycles. The highest BCUT2D eigenvalue weighted by atomic mass is 35.5. The summed E-state index contributed by atoms with van der Waals surface area (Å²) in [4.78, 5) is 4.44. The summed E-state index contributed by atoms with van der Waals surface area (Å²) in [6, 6.07) is 2.61. The number of aryl methyl sites for hydroxylation is 1. The topological polar surface area (TPSA) is 27.1 Å². The number of rotatable bonds is 3. The van der Waals surface area contributed by atoms with Gasteiger partial charge in [-0.25, -0.2) is 13.8 Å². The third kappa shape index (κ3) is 2.14. The first-order valence-corrected chi connectivity index (χ1v) is 7.56. The van der Waals surface area contributed by atoms with Crippen LogP contribution in [0.15, 0.2) is 12.1 Å². The number of fused-ring (bicyclic) bond motifs is 1. The SMILES string of the molecule is CC1OCCC1(C)n1c(CCCl)nc2ccc(F)c(F)c21. The van der Waals surface area contributed by atoms with E-state index in [0.29, 0.717) is 30.2 Å². The second kappa shape index (κ2) is 5.21. The van der Waals surface area contributed by atoms with Crippen molar-refractivity contribution in [2.75, 3.05) is 12.5 Å². The molecule has 1 fully saturated rings. The minimum absolute atomic E-state index is 0.105. The van der Waals surface area contributed by atoms with Crippen molar-refractivity contribution < 1.29 is 13.5 Å². The summed E-state index contributed by atoms with van der Waals surface area (Å²) >= 11 is 5.84. The van der Waals surface area contributed by atoms with Crippen molar-refractivity contribution in [3.05, 3.63) is 29.6 Å². The van der Waals surface area contributed by atoms with Gasteiger partial charge in [0.05, 0.1) is 17.2 Å². The number of hydrogen-bond acceptors (Lipinski definition) is 2. The molecule has 1 aromatic carbocycles. The Bertz CT molecular complexity index is 688. The van der Waals surface area contributed by atoms with Crippen LogP contribution in [0.25, 0.3) is 11.0 Å². The third-order valence-electron chi connectivity index (χ3n) is 4.46. The smallest absolute Gasteiger partial charge is 0.184 e. The lowest BCUT2D eigenvalue weighted by molar-refractivity contribution is 0.0762. The Balaban J connectivity index is 2.32. The van der Waals surface area contributed by atoms with E-state index < -0.39 is 17.2 Å². The minimum atomic E-state index is -0.865. The average molecular weight is 315 g/mol. The first-order chi connectivity index (χ1) is 9.99. The van der Waals surface area contributed by atoms with Gasteiger partial charge < -0.3 is 9.30 Å². The predicted molar refractivity (Wildman–Crippen MR) is 77.8 cm³/mol. The molecule has 6 heteroatoms. The van der Waals surface area contributed by atoms with Gasteiger partial charge in [-0.05, 0) is 32.4 Å². The zero-order valence-electron chi connectivity index (χ0n) is 12.0. The molecular weight excluding hydrogens is 298 g/mol. The van der Waals surface area contributed by atoms with Gasteiger partial charge in [0.15, 0.2) is 11.6 Å². The molecule has 2 heterocycles. The molecular formula is C15H17ClF2N2O. The van der Waals surface area contributed by atoms with Gasteiger partial charge in [-0.3, -0.25) is 0 Å². The standard InChI is InChI=1S/C15H17ClF2N2O/c1-9-15(2,6-8-21-9)20-12(5-7-16)19-11-4-3-10(17)13(18)14(11)20/h3-4,9H,5-8H2,1-2H3. The van der Waals surface area contributed by atoms with E-state index in [2.05, 4.69) is 4.98 Å². The number of alkyl halides is 1. The van der Waals surface area contributed by atoms with E-state index >= 15 is 0 Å². The molecule has 0 spiro atoms. The van der Waals surface area contributed by atoms with Gasteiger partial charge in [0.25, 0.3) is 0 Å². The Morgan fingerprint density at radius 2 is 2.24 bits per heavy atom. The molecule has 0 saturated carbocycles. The highest BCUT2D eigenvalue weighted by Gasteiger charge is 2.41. The summed E-state index contributed by atoms with van der Waals surface area (Å²) in [6.07, 6.45) is 1.12. The van der Waals surface area contributed by atoms with Crippen molar-refractivity contribution >= 4 is 22.6 Å². The van der Waals surface area contributed by atoms with Crippen molar-refractivity contribution in [1.82, 2.24) is 9.55 Å². The zero-order valence-corrected chi connectivity index (χ0v) is 12.8. The molecule has 3 nitrogen and oxygen atoms in total. The van der Waals surface area contributed by atoms with Gasteiger partial charge in [0.2, 0.25) is 0 Å². The maximum Gasteiger partial charge on any atom is 0.184 e. The molecule has 0 radical (unpaired) electrons. The molecule has 0 bridgehead atoms. The Morgan fingerprint density at radius 1 is 1.48 bits per heavy atom. The van der Waals surface area contributed by atoms with Crippen LogP contribution in [0.5, 0.6) is 0 Å². The largest absolute Gasteiger partial charge is 0.376 e. The normalized spacial score (nSPS) is 25.9. The van der Waals surface area contributed by atoms with Crippen LogP contribution >= 0.6 is 11.6 Å². The van der Waals surface area contributed by atoms with E-state index in [1.54, 1.807) is 4.57 Å². The molecule has 1 aliphatic heterocycles. The van der Waals surface area contributed by atoms with Gasteiger partial charge in [-0.2, -0.15) is 0 Å². The van der Waals surface area contributed by atoms with Crippen molar-refractivity contribution in [1.29, 1.82) is 0 Å². The number of nitrogens with zero attached hydrogens (tertiary/aromatic N) is 2. The molecule has 2 atom stereocenters. The van der Waals surface area contributed by atoms with Crippen LogP contribution in [0.4, 0.5) is 8.78 Å². The van der Waals surface area contributed by atoms with E-state index in [0.717, 1.165) is 12.5 Å². The van der Waals surface area contributed by atoms with Crippen LogP contribution in [0, 0.1) is 11.6 Å². The number of benzene rings is 1. The third-order valence-corrected chi connectivity index (χ3v) is 4.65. The lowest BCUT2D eigenvalue weighted by Crippen LogP contribution is -2.38. The fourth-order valence-electron chi connectivity index (χ4n) is 3.07. The predicted octanol–water partition coefficient (Wildman–Crippen LogP) is 3.62. The van der Waals surface area contributed by atoms with E-state index in [1.807, 2.05) is 13.8 Å². The molecule has 1 aromatic heterocycles. The number of aromatic nitrogens is 2. The minimum Gasteiger partial charge on any atom is -0.376 e. The number of hydrogen-bond donors (Lipinski definition) is 0. The van der Waals surface area contributed by atoms with Crippen molar-refractivity contribution in [3.63, 3.8) is 0 Å². The van der Waals surface area contributed by atoms with Crippen LogP contribution in [-0.2, 0) is 16.7 Å². The summed E-state index contributed by atoms with van der Waals surface area (Å²) < 4.78 is 35.5. The van der Waals surface area contributed by atoms with Gasteiger partial charge in [-0.1, -0.05) is 0 Å². The van der Waals surface area contributed by atoms with E-state index in [9.17, 15) is 8.78 Å². The fourth-order valence-corrected chi connectivity index (χ4v) is 3.24. The maximum atomic E-state index is 14.4. The van der Waals surface area contributed by atoms with Gasteiger partial charge >= 0.3 is 0 Å². The highest BCUT2D eigenvalue weighted by molar-refractivity contribution is 6.17. The Hall–Kier alpha value is -1.20. The van der Waals surface area contributed by atoms with E-state index in [4.69, 9.17) is 16.3 Å². The van der Waals surface area contributed by atoms with Gasteiger partial charge in [0.1, 0.15) is 11.3 Å². The maximum absolute atomic E-state index is 14.4. The Kier molecular flexibility index (Phi) is 3.66. The van der Waals surface area contributed by atoms with E-state index in [1.165, 1.54) is 6.07 Å². The monoisotopic (exact) mass is 314 g/mol. The number of imidazole rings is 1. The lowest BCUT2D eigenvalue weighted by Gasteiger charge is -2.32. The highest BCUT2D eigenvalue weighted by Crippen LogP contribution is 2.38. The average Bonchev–Trinajstić information content (AvgIpc) is 2.97. The van der Waals surface area contributed by atoms with Crippen LogP contribution in [0.3, 0.4) is 0 Å². The summed E-state index contributed by atoms with van der Waals surface area (Å²) in [6.45, 7) is 4.53. The first kappa shape index (κ1) is 14.7. The van der Waals surface area contributed by atoms with Crippen molar-refractivity contribution in [2.24, 2.45) is 0 Å². The summed E-state index contributed by atoms with van der Waals surface area (Å²) in [5, 5.41) is 0.